The van der Waals surface area contributed by atoms with Gasteiger partial charge in [0.05, 0.1) is 23.8 Å². The van der Waals surface area contributed by atoms with Crippen LogP contribution in [0, 0.1) is 0 Å². The van der Waals surface area contributed by atoms with Crippen LogP contribution >= 0.6 is 0 Å². The second-order valence-corrected chi connectivity index (χ2v) is 5.77. The molecule has 0 radical (unpaired) electrons. The van der Waals surface area contributed by atoms with Gasteiger partial charge < -0.3 is 14.4 Å². The van der Waals surface area contributed by atoms with Crippen molar-refractivity contribution in [2.24, 2.45) is 0 Å². The molecule has 0 saturated heterocycles. The van der Waals surface area contributed by atoms with E-state index in [1.807, 2.05) is 12.3 Å². The number of phenols is 1. The number of hydrogen-bond acceptors (Lipinski definition) is 4. The number of ether oxygens (including phenoxy) is 1. The highest BCUT2D eigenvalue weighted by Crippen LogP contribution is 2.37. The maximum absolute atomic E-state index is 10.3. The third-order valence-electron chi connectivity index (χ3n) is 4.10. The topological polar surface area (TPSA) is 60.2 Å². The zero-order chi connectivity index (χ0) is 14.6. The average Bonchev–Trinajstić information content (AvgIpc) is 2.85. The van der Waals surface area contributed by atoms with E-state index in [9.17, 15) is 5.11 Å². The molecule has 1 aliphatic heterocycles. The Labute approximate surface area is 122 Å². The fraction of sp³-hybridized carbons (Fsp3) is 0.375. The summed E-state index contributed by atoms with van der Waals surface area (Å²) >= 11 is 0. The van der Waals surface area contributed by atoms with E-state index in [1.165, 1.54) is 0 Å². The molecule has 2 aromatic heterocycles. The average molecular weight is 283 g/mol. The van der Waals surface area contributed by atoms with Crippen LogP contribution in [-0.4, -0.2) is 26.2 Å². The Morgan fingerprint density at radius 2 is 2.14 bits per heavy atom. The summed E-state index contributed by atoms with van der Waals surface area (Å²) in [7, 11) is 0. The molecule has 3 aromatic rings. The largest absolute Gasteiger partial charge is 0.508 e. The van der Waals surface area contributed by atoms with Crippen molar-refractivity contribution < 1.29 is 9.84 Å². The van der Waals surface area contributed by atoms with Crippen LogP contribution in [0.3, 0.4) is 0 Å². The molecule has 0 fully saturated rings. The highest BCUT2D eigenvalue weighted by atomic mass is 16.5. The third-order valence-corrected chi connectivity index (χ3v) is 4.10. The summed E-state index contributed by atoms with van der Waals surface area (Å²) in [5.41, 5.74) is 3.78. The minimum absolute atomic E-state index is 0.215. The fourth-order valence-electron chi connectivity index (χ4n) is 3.21. The highest BCUT2D eigenvalue weighted by molar-refractivity contribution is 6.05. The quantitative estimate of drug-likeness (QED) is 0.746. The summed E-state index contributed by atoms with van der Waals surface area (Å²) in [6, 6.07) is 3.60. The summed E-state index contributed by atoms with van der Waals surface area (Å²) in [6.07, 6.45) is 1.81. The standard InChI is InChI=1S/C16H17N3O2/c1-9(2)14-12(20)4-3-10-15(14)16-11(7-17-10)18-13-8-21-6-5-19(13)16/h3-4,7,9,20H,5-6,8H2,1-2H3. The predicted octanol–water partition coefficient (Wildman–Crippen LogP) is 2.94. The summed E-state index contributed by atoms with van der Waals surface area (Å²) in [5.74, 6) is 1.48. The first kappa shape index (κ1) is 12.6. The van der Waals surface area contributed by atoms with E-state index in [1.54, 1.807) is 6.07 Å². The molecule has 1 aliphatic rings. The number of benzene rings is 1. The van der Waals surface area contributed by atoms with E-state index >= 15 is 0 Å². The maximum Gasteiger partial charge on any atom is 0.136 e. The molecular weight excluding hydrogens is 266 g/mol. The van der Waals surface area contributed by atoms with Gasteiger partial charge in [0.15, 0.2) is 0 Å². The lowest BCUT2D eigenvalue weighted by molar-refractivity contribution is 0.0831. The van der Waals surface area contributed by atoms with Crippen molar-refractivity contribution in [3.05, 3.63) is 29.7 Å². The molecule has 0 spiro atoms. The van der Waals surface area contributed by atoms with Gasteiger partial charge in [0.2, 0.25) is 0 Å². The lowest BCUT2D eigenvalue weighted by Gasteiger charge is -2.17. The van der Waals surface area contributed by atoms with E-state index in [0.717, 1.165) is 39.9 Å². The first-order valence-corrected chi connectivity index (χ1v) is 7.24. The van der Waals surface area contributed by atoms with Crippen LogP contribution in [0.2, 0.25) is 0 Å². The van der Waals surface area contributed by atoms with Gasteiger partial charge in [-0.1, -0.05) is 13.8 Å². The zero-order valence-electron chi connectivity index (χ0n) is 12.1. The van der Waals surface area contributed by atoms with Gasteiger partial charge in [0.25, 0.3) is 0 Å². The Hall–Kier alpha value is -2.14. The van der Waals surface area contributed by atoms with Gasteiger partial charge in [-0.2, -0.15) is 0 Å². The molecule has 0 saturated carbocycles. The number of aromatic nitrogens is 3. The van der Waals surface area contributed by atoms with Crippen molar-refractivity contribution in [3.8, 4) is 5.75 Å². The van der Waals surface area contributed by atoms with Gasteiger partial charge in [-0.25, -0.2) is 4.98 Å². The van der Waals surface area contributed by atoms with Gasteiger partial charge in [-0.05, 0) is 18.1 Å². The van der Waals surface area contributed by atoms with Crippen molar-refractivity contribution in [1.29, 1.82) is 0 Å². The molecular formula is C16H17N3O2. The van der Waals surface area contributed by atoms with Crippen molar-refractivity contribution in [2.75, 3.05) is 6.61 Å². The molecule has 0 bridgehead atoms. The number of imidazole rings is 1. The molecule has 3 heterocycles. The Kier molecular flexibility index (Phi) is 2.65. The van der Waals surface area contributed by atoms with E-state index < -0.39 is 0 Å². The number of pyridine rings is 1. The molecule has 4 rings (SSSR count). The Balaban J connectivity index is 2.21. The molecule has 0 amide bonds. The molecule has 108 valence electrons. The van der Waals surface area contributed by atoms with E-state index in [0.29, 0.717) is 19.0 Å². The van der Waals surface area contributed by atoms with Gasteiger partial charge in [0, 0.05) is 17.5 Å². The predicted molar refractivity (Wildman–Crippen MR) is 80.4 cm³/mol. The van der Waals surface area contributed by atoms with Gasteiger partial charge in [-0.15, -0.1) is 0 Å². The molecule has 1 N–H and O–H groups in total. The van der Waals surface area contributed by atoms with Crippen molar-refractivity contribution in [2.45, 2.75) is 32.9 Å². The molecule has 1 aromatic carbocycles. The second kappa shape index (κ2) is 4.43. The number of rotatable bonds is 1. The lowest BCUT2D eigenvalue weighted by Crippen LogP contribution is -2.16. The molecule has 21 heavy (non-hydrogen) atoms. The van der Waals surface area contributed by atoms with Crippen molar-refractivity contribution >= 4 is 21.9 Å². The summed E-state index contributed by atoms with van der Waals surface area (Å²) in [5, 5.41) is 11.3. The number of nitrogens with zero attached hydrogens (tertiary/aromatic N) is 3. The highest BCUT2D eigenvalue weighted by Gasteiger charge is 2.21. The number of fused-ring (bicyclic) bond motifs is 5. The maximum atomic E-state index is 10.3. The van der Waals surface area contributed by atoms with Crippen LogP contribution in [-0.2, 0) is 17.9 Å². The number of aromatic hydroxyl groups is 1. The SMILES string of the molecule is CC(C)c1c(O)ccc2ncc3nc4n(c3c12)CCOC4. The Morgan fingerprint density at radius 1 is 1.29 bits per heavy atom. The van der Waals surface area contributed by atoms with Crippen molar-refractivity contribution in [3.63, 3.8) is 0 Å². The molecule has 5 nitrogen and oxygen atoms in total. The molecule has 5 heteroatoms. The minimum atomic E-state index is 0.215. The van der Waals surface area contributed by atoms with Crippen LogP contribution in [0.1, 0.15) is 31.2 Å². The van der Waals surface area contributed by atoms with E-state index in [2.05, 4.69) is 28.4 Å². The van der Waals surface area contributed by atoms with E-state index in [-0.39, 0.29) is 5.92 Å². The van der Waals surface area contributed by atoms with Crippen LogP contribution in [0.5, 0.6) is 5.75 Å². The Morgan fingerprint density at radius 3 is 2.95 bits per heavy atom. The second-order valence-electron chi connectivity index (χ2n) is 5.77. The summed E-state index contributed by atoms with van der Waals surface area (Å²) in [4.78, 5) is 9.14. The monoisotopic (exact) mass is 283 g/mol. The summed E-state index contributed by atoms with van der Waals surface area (Å²) in [6.45, 7) is 6.19. The number of hydrogen-bond donors (Lipinski definition) is 1. The number of phenolic OH excluding ortho intramolecular Hbond substituents is 1. The van der Waals surface area contributed by atoms with Gasteiger partial charge >= 0.3 is 0 Å². The molecule has 0 aliphatic carbocycles. The zero-order valence-corrected chi connectivity index (χ0v) is 12.1. The molecule has 0 atom stereocenters. The summed E-state index contributed by atoms with van der Waals surface area (Å²) < 4.78 is 7.69. The molecule has 0 unspecified atom stereocenters. The van der Waals surface area contributed by atoms with E-state index in [4.69, 9.17) is 4.74 Å². The third kappa shape index (κ3) is 1.74. The first-order chi connectivity index (χ1) is 10.2. The first-order valence-electron chi connectivity index (χ1n) is 7.24. The lowest BCUT2D eigenvalue weighted by atomic mass is 9.96. The van der Waals surface area contributed by atoms with Crippen LogP contribution in [0.15, 0.2) is 18.3 Å². The van der Waals surface area contributed by atoms with Crippen LogP contribution in [0.4, 0.5) is 0 Å². The normalized spacial score (nSPS) is 15.0. The van der Waals surface area contributed by atoms with Gasteiger partial charge in [-0.3, -0.25) is 4.98 Å². The fourth-order valence-corrected chi connectivity index (χ4v) is 3.21. The Bertz CT molecular complexity index is 852. The minimum Gasteiger partial charge on any atom is -0.508 e. The smallest absolute Gasteiger partial charge is 0.136 e. The van der Waals surface area contributed by atoms with Gasteiger partial charge in [0.1, 0.15) is 23.7 Å². The van der Waals surface area contributed by atoms with Crippen LogP contribution in [0.25, 0.3) is 21.9 Å². The van der Waals surface area contributed by atoms with Crippen LogP contribution < -0.4 is 0 Å². The van der Waals surface area contributed by atoms with Crippen molar-refractivity contribution in [1.82, 2.24) is 14.5 Å².